The number of rotatable bonds is 7. The summed E-state index contributed by atoms with van der Waals surface area (Å²) in [5.41, 5.74) is 3.78. The summed E-state index contributed by atoms with van der Waals surface area (Å²) >= 11 is 0. The van der Waals surface area contributed by atoms with Gasteiger partial charge in [0.05, 0.1) is 5.92 Å². The fourth-order valence-electron chi connectivity index (χ4n) is 5.09. The second-order valence-corrected chi connectivity index (χ2v) is 10.1. The number of carbonyl (C=O) groups excluding carboxylic acids is 3. The number of hydrogen-bond acceptors (Lipinski definition) is 4. The number of anilines is 2. The molecule has 2 fully saturated rings. The van der Waals surface area contributed by atoms with Crippen molar-refractivity contribution in [3.05, 3.63) is 90.0 Å². The van der Waals surface area contributed by atoms with Gasteiger partial charge in [-0.1, -0.05) is 48.0 Å². The van der Waals surface area contributed by atoms with Crippen LogP contribution in [0.25, 0.3) is 0 Å². The van der Waals surface area contributed by atoms with Crippen molar-refractivity contribution in [1.29, 1.82) is 0 Å². The minimum atomic E-state index is -0.336. The van der Waals surface area contributed by atoms with Gasteiger partial charge in [0.2, 0.25) is 17.7 Å². The lowest BCUT2D eigenvalue weighted by atomic mass is 9.94. The van der Waals surface area contributed by atoms with Crippen LogP contribution in [-0.2, 0) is 21.0 Å². The molecule has 0 aliphatic carbocycles. The van der Waals surface area contributed by atoms with Crippen molar-refractivity contribution >= 4 is 29.1 Å². The van der Waals surface area contributed by atoms with Crippen molar-refractivity contribution in [2.45, 2.75) is 32.8 Å². The predicted octanol–water partition coefficient (Wildman–Crippen LogP) is 4.80. The Morgan fingerprint density at radius 2 is 1.58 bits per heavy atom. The molecule has 2 saturated heterocycles. The largest absolute Gasteiger partial charge is 0.489 e. The maximum absolute atomic E-state index is 13.2. The summed E-state index contributed by atoms with van der Waals surface area (Å²) in [5.74, 6) is 0.219. The van der Waals surface area contributed by atoms with Gasteiger partial charge in [-0.05, 0) is 61.7 Å². The lowest BCUT2D eigenvalue weighted by Crippen LogP contribution is -2.44. The molecule has 5 rings (SSSR count). The molecule has 0 spiro atoms. The average molecular weight is 512 g/mol. The van der Waals surface area contributed by atoms with Crippen LogP contribution in [0.1, 0.15) is 30.4 Å². The lowest BCUT2D eigenvalue weighted by Gasteiger charge is -2.33. The Balaban J connectivity index is 1.08. The van der Waals surface area contributed by atoms with Gasteiger partial charge in [-0.2, -0.15) is 0 Å². The van der Waals surface area contributed by atoms with Gasteiger partial charge in [0.25, 0.3) is 0 Å². The van der Waals surface area contributed by atoms with Gasteiger partial charge in [0, 0.05) is 43.3 Å². The van der Waals surface area contributed by atoms with Crippen LogP contribution in [0.3, 0.4) is 0 Å². The summed E-state index contributed by atoms with van der Waals surface area (Å²) in [6.45, 7) is 3.95. The van der Waals surface area contributed by atoms with Gasteiger partial charge in [0.1, 0.15) is 12.4 Å². The van der Waals surface area contributed by atoms with Crippen molar-refractivity contribution in [1.82, 2.24) is 4.90 Å². The highest BCUT2D eigenvalue weighted by Gasteiger charge is 2.38. The molecule has 3 aromatic rings. The van der Waals surface area contributed by atoms with E-state index in [0.717, 1.165) is 28.3 Å². The van der Waals surface area contributed by atoms with E-state index in [-0.39, 0.29) is 36.0 Å². The van der Waals surface area contributed by atoms with E-state index < -0.39 is 0 Å². The summed E-state index contributed by atoms with van der Waals surface area (Å²) in [7, 11) is 0. The molecule has 7 nitrogen and oxygen atoms in total. The molecule has 1 atom stereocenters. The van der Waals surface area contributed by atoms with E-state index in [2.05, 4.69) is 5.32 Å². The van der Waals surface area contributed by atoms with E-state index in [4.69, 9.17) is 4.74 Å². The molecule has 0 aromatic heterocycles. The Hall–Kier alpha value is -4.13. The zero-order chi connectivity index (χ0) is 26.5. The zero-order valence-electron chi connectivity index (χ0n) is 21.6. The summed E-state index contributed by atoms with van der Waals surface area (Å²) in [6.07, 6.45) is 1.45. The normalized spacial score (nSPS) is 17.9. The van der Waals surface area contributed by atoms with E-state index in [1.54, 1.807) is 4.90 Å². The topological polar surface area (TPSA) is 79.0 Å². The maximum atomic E-state index is 13.2. The van der Waals surface area contributed by atoms with Crippen molar-refractivity contribution in [3.63, 3.8) is 0 Å². The van der Waals surface area contributed by atoms with Crippen LogP contribution in [0, 0.1) is 18.8 Å². The molecule has 3 amide bonds. The highest BCUT2D eigenvalue weighted by Crippen LogP contribution is 2.28. The highest BCUT2D eigenvalue weighted by atomic mass is 16.5. The lowest BCUT2D eigenvalue weighted by molar-refractivity contribution is -0.138. The third-order valence-electron chi connectivity index (χ3n) is 7.37. The molecule has 3 aromatic carbocycles. The number of nitrogens with zero attached hydrogens (tertiary/aromatic N) is 2. The smallest absolute Gasteiger partial charge is 0.228 e. The Kier molecular flexibility index (Phi) is 7.73. The van der Waals surface area contributed by atoms with Crippen LogP contribution >= 0.6 is 0 Å². The van der Waals surface area contributed by atoms with Crippen LogP contribution in [-0.4, -0.2) is 42.3 Å². The number of aryl methyl sites for hydroxylation is 1. The second kappa shape index (κ2) is 11.5. The van der Waals surface area contributed by atoms with E-state index in [0.29, 0.717) is 39.1 Å². The summed E-state index contributed by atoms with van der Waals surface area (Å²) in [4.78, 5) is 42.1. The summed E-state index contributed by atoms with van der Waals surface area (Å²) in [6, 6.07) is 25.1. The van der Waals surface area contributed by atoms with E-state index >= 15 is 0 Å². The molecule has 196 valence electrons. The molecule has 2 heterocycles. The first-order chi connectivity index (χ1) is 18.5. The Labute approximate surface area is 223 Å². The highest BCUT2D eigenvalue weighted by molar-refractivity contribution is 6.00. The number of benzene rings is 3. The molecular weight excluding hydrogens is 478 g/mol. The van der Waals surface area contributed by atoms with Crippen LogP contribution < -0.4 is 15.0 Å². The SMILES string of the molecule is Cc1ccc(N2CC(C(=O)N3CCC(C(=O)Nc4ccc(OCc5ccccc5)cc4)CC3)CC2=O)cc1. The van der Waals surface area contributed by atoms with Crippen LogP contribution in [0.4, 0.5) is 11.4 Å². The predicted molar refractivity (Wildman–Crippen MR) is 147 cm³/mol. The van der Waals surface area contributed by atoms with Gasteiger partial charge in [-0.3, -0.25) is 14.4 Å². The van der Waals surface area contributed by atoms with Crippen molar-refractivity contribution in [2.75, 3.05) is 29.9 Å². The number of likely N-dealkylation sites (tertiary alicyclic amines) is 1. The zero-order valence-corrected chi connectivity index (χ0v) is 21.6. The van der Waals surface area contributed by atoms with Gasteiger partial charge in [-0.25, -0.2) is 0 Å². The standard InChI is InChI=1S/C31H33N3O4/c1-22-7-11-27(12-8-22)34-20-25(19-29(34)35)31(37)33-17-15-24(16-18-33)30(36)32-26-9-13-28(14-10-26)38-21-23-5-3-2-4-6-23/h2-14,24-25H,15-21H2,1H3,(H,32,36). The van der Waals surface area contributed by atoms with Crippen molar-refractivity contribution in [2.24, 2.45) is 11.8 Å². The second-order valence-electron chi connectivity index (χ2n) is 10.1. The maximum Gasteiger partial charge on any atom is 0.228 e. The van der Waals surface area contributed by atoms with Gasteiger partial charge in [-0.15, -0.1) is 0 Å². The molecule has 0 bridgehead atoms. The first kappa shape index (κ1) is 25.5. The quantitative estimate of drug-likeness (QED) is 0.494. The molecule has 38 heavy (non-hydrogen) atoms. The van der Waals surface area contributed by atoms with E-state index in [1.807, 2.05) is 90.7 Å². The fraction of sp³-hybridized carbons (Fsp3) is 0.323. The first-order valence-electron chi connectivity index (χ1n) is 13.2. The summed E-state index contributed by atoms with van der Waals surface area (Å²) < 4.78 is 5.81. The van der Waals surface area contributed by atoms with E-state index in [1.165, 1.54) is 0 Å². The van der Waals surface area contributed by atoms with Crippen LogP contribution in [0.2, 0.25) is 0 Å². The number of ether oxygens (including phenoxy) is 1. The molecule has 1 unspecified atom stereocenters. The van der Waals surface area contributed by atoms with Crippen LogP contribution in [0.5, 0.6) is 5.75 Å². The Morgan fingerprint density at radius 3 is 2.26 bits per heavy atom. The monoisotopic (exact) mass is 511 g/mol. The molecule has 2 aliphatic rings. The minimum absolute atomic E-state index is 0.0120. The van der Waals surface area contributed by atoms with Gasteiger partial charge >= 0.3 is 0 Å². The first-order valence-corrected chi connectivity index (χ1v) is 13.2. The molecule has 0 saturated carbocycles. The number of hydrogen-bond donors (Lipinski definition) is 1. The van der Waals surface area contributed by atoms with Gasteiger partial charge in [0.15, 0.2) is 0 Å². The number of carbonyl (C=O) groups is 3. The van der Waals surface area contributed by atoms with Crippen molar-refractivity contribution < 1.29 is 19.1 Å². The third-order valence-corrected chi connectivity index (χ3v) is 7.37. The summed E-state index contributed by atoms with van der Waals surface area (Å²) in [5, 5.41) is 3.00. The third kappa shape index (κ3) is 6.05. The van der Waals surface area contributed by atoms with Crippen molar-refractivity contribution in [3.8, 4) is 5.75 Å². The number of nitrogens with one attached hydrogen (secondary N) is 1. The number of amides is 3. The van der Waals surface area contributed by atoms with Crippen LogP contribution in [0.15, 0.2) is 78.9 Å². The van der Waals surface area contributed by atoms with E-state index in [9.17, 15) is 14.4 Å². The molecular formula is C31H33N3O4. The molecule has 7 heteroatoms. The fourth-order valence-corrected chi connectivity index (χ4v) is 5.09. The Bertz CT molecular complexity index is 1270. The number of piperidine rings is 1. The van der Waals surface area contributed by atoms with Gasteiger partial charge < -0.3 is 19.9 Å². The Morgan fingerprint density at radius 1 is 0.895 bits per heavy atom. The molecule has 1 N–H and O–H groups in total. The molecule has 0 radical (unpaired) electrons. The molecule has 2 aliphatic heterocycles. The average Bonchev–Trinajstić information content (AvgIpc) is 3.34. The minimum Gasteiger partial charge on any atom is -0.489 e.